The standard InChI is InChI=1S/C13H19/c1-2-4-6-8-10-12-13-11-9-7-5-3-1/h1-6,9H,7-8,10-13H2. The minimum atomic E-state index is 1.12. The molecule has 0 aromatic rings. The fourth-order valence-electron chi connectivity index (χ4n) is 1.40. The van der Waals surface area contributed by atoms with Crippen molar-refractivity contribution >= 4 is 0 Å². The van der Waals surface area contributed by atoms with Crippen molar-refractivity contribution < 1.29 is 0 Å². The van der Waals surface area contributed by atoms with Crippen LogP contribution in [0.15, 0.2) is 36.5 Å². The van der Waals surface area contributed by atoms with Crippen molar-refractivity contribution in [2.75, 3.05) is 0 Å². The SMILES string of the molecule is [CH]1CC=CC=CC=CCCCCC1. The fourth-order valence-corrected chi connectivity index (χ4v) is 1.40. The summed E-state index contributed by atoms with van der Waals surface area (Å²) >= 11 is 0. The maximum Gasteiger partial charge on any atom is -0.0316 e. The molecule has 71 valence electrons. The summed E-state index contributed by atoms with van der Waals surface area (Å²) in [6.45, 7) is 0. The molecule has 0 aromatic carbocycles. The van der Waals surface area contributed by atoms with E-state index in [4.69, 9.17) is 0 Å². The van der Waals surface area contributed by atoms with E-state index in [2.05, 4.69) is 42.9 Å². The Balaban J connectivity index is 2.29. The van der Waals surface area contributed by atoms with Crippen molar-refractivity contribution in [3.05, 3.63) is 42.9 Å². The molecule has 0 atom stereocenters. The van der Waals surface area contributed by atoms with Crippen LogP contribution in [0.5, 0.6) is 0 Å². The highest BCUT2D eigenvalue weighted by Crippen LogP contribution is 2.07. The van der Waals surface area contributed by atoms with Crippen molar-refractivity contribution in [1.29, 1.82) is 0 Å². The van der Waals surface area contributed by atoms with Gasteiger partial charge in [0.1, 0.15) is 0 Å². The molecule has 0 heteroatoms. The Labute approximate surface area is 82.0 Å². The molecule has 0 spiro atoms. The largest absolute Gasteiger partial charge is 0.0845 e. The van der Waals surface area contributed by atoms with Gasteiger partial charge >= 0.3 is 0 Å². The lowest BCUT2D eigenvalue weighted by molar-refractivity contribution is 0.676. The second-order valence-electron chi connectivity index (χ2n) is 3.40. The summed E-state index contributed by atoms with van der Waals surface area (Å²) in [5.41, 5.74) is 0. The van der Waals surface area contributed by atoms with Crippen molar-refractivity contribution in [1.82, 2.24) is 0 Å². The van der Waals surface area contributed by atoms with Gasteiger partial charge in [-0.1, -0.05) is 49.3 Å². The van der Waals surface area contributed by atoms with Crippen LogP contribution in [0.1, 0.15) is 38.5 Å². The second-order valence-corrected chi connectivity index (χ2v) is 3.40. The molecule has 0 fully saturated rings. The van der Waals surface area contributed by atoms with E-state index in [1.165, 1.54) is 32.1 Å². The summed E-state index contributed by atoms with van der Waals surface area (Å²) in [5.74, 6) is 0. The van der Waals surface area contributed by atoms with Gasteiger partial charge in [-0.3, -0.25) is 0 Å². The van der Waals surface area contributed by atoms with E-state index < -0.39 is 0 Å². The molecule has 0 heterocycles. The van der Waals surface area contributed by atoms with Crippen LogP contribution in [-0.4, -0.2) is 0 Å². The average Bonchev–Trinajstić information content (AvgIpc) is 2.18. The van der Waals surface area contributed by atoms with E-state index in [-0.39, 0.29) is 0 Å². The highest BCUT2D eigenvalue weighted by atomic mass is 13.9. The molecular formula is C13H19. The van der Waals surface area contributed by atoms with Crippen molar-refractivity contribution in [2.24, 2.45) is 0 Å². The molecule has 0 unspecified atom stereocenters. The summed E-state index contributed by atoms with van der Waals surface area (Å²) in [6.07, 6.45) is 23.0. The molecule has 0 bridgehead atoms. The van der Waals surface area contributed by atoms with Crippen LogP contribution in [0.25, 0.3) is 0 Å². The lowest BCUT2D eigenvalue weighted by Crippen LogP contribution is -1.78. The first-order valence-electron chi connectivity index (χ1n) is 5.30. The Morgan fingerprint density at radius 3 is 2.31 bits per heavy atom. The van der Waals surface area contributed by atoms with Crippen LogP contribution in [0.2, 0.25) is 0 Å². The van der Waals surface area contributed by atoms with Crippen LogP contribution < -0.4 is 0 Å². The van der Waals surface area contributed by atoms with E-state index in [1.807, 2.05) is 0 Å². The van der Waals surface area contributed by atoms with Crippen molar-refractivity contribution in [2.45, 2.75) is 38.5 Å². The van der Waals surface area contributed by atoms with E-state index in [1.54, 1.807) is 0 Å². The van der Waals surface area contributed by atoms with Gasteiger partial charge in [0.2, 0.25) is 0 Å². The van der Waals surface area contributed by atoms with E-state index in [9.17, 15) is 0 Å². The molecule has 1 radical (unpaired) electrons. The molecule has 0 N–H and O–H groups in total. The zero-order valence-electron chi connectivity index (χ0n) is 8.28. The van der Waals surface area contributed by atoms with Crippen LogP contribution in [0.4, 0.5) is 0 Å². The third-order valence-electron chi connectivity index (χ3n) is 2.19. The second kappa shape index (κ2) is 7.85. The van der Waals surface area contributed by atoms with Crippen LogP contribution in [0.3, 0.4) is 0 Å². The van der Waals surface area contributed by atoms with E-state index >= 15 is 0 Å². The summed E-state index contributed by atoms with van der Waals surface area (Å²) in [6, 6.07) is 0. The van der Waals surface area contributed by atoms with Gasteiger partial charge in [-0.05, 0) is 32.1 Å². The lowest BCUT2D eigenvalue weighted by atomic mass is 10.1. The minimum absolute atomic E-state index is 1.12. The average molecular weight is 175 g/mol. The first-order valence-corrected chi connectivity index (χ1v) is 5.30. The number of hydrogen-bond acceptors (Lipinski definition) is 0. The Kier molecular flexibility index (Phi) is 6.22. The molecule has 0 aromatic heterocycles. The van der Waals surface area contributed by atoms with Gasteiger partial charge in [0.15, 0.2) is 0 Å². The van der Waals surface area contributed by atoms with Crippen molar-refractivity contribution in [3.63, 3.8) is 0 Å². The van der Waals surface area contributed by atoms with Gasteiger partial charge in [-0.15, -0.1) is 0 Å². The summed E-state index contributed by atoms with van der Waals surface area (Å²) in [5, 5.41) is 0. The number of allylic oxidation sites excluding steroid dienone is 6. The quantitative estimate of drug-likeness (QED) is 0.517. The minimum Gasteiger partial charge on any atom is -0.0845 e. The lowest BCUT2D eigenvalue weighted by Gasteiger charge is -1.97. The fraction of sp³-hybridized carbons (Fsp3) is 0.462. The maximum absolute atomic E-state index is 2.37. The molecule has 0 saturated heterocycles. The molecular weight excluding hydrogens is 156 g/mol. The predicted molar refractivity (Wildman–Crippen MR) is 59.4 cm³/mol. The Hall–Kier alpha value is -0.780. The third kappa shape index (κ3) is 6.39. The first-order chi connectivity index (χ1) is 6.50. The van der Waals surface area contributed by atoms with Crippen LogP contribution in [0, 0.1) is 6.42 Å². The van der Waals surface area contributed by atoms with Gasteiger partial charge < -0.3 is 0 Å². The Bertz CT molecular complexity index is 164. The normalized spacial score (nSPS) is 20.3. The summed E-state index contributed by atoms with van der Waals surface area (Å²) in [7, 11) is 0. The molecule has 0 aliphatic heterocycles. The Morgan fingerprint density at radius 1 is 0.615 bits per heavy atom. The number of rotatable bonds is 0. The van der Waals surface area contributed by atoms with Gasteiger partial charge in [0.25, 0.3) is 0 Å². The maximum atomic E-state index is 2.37. The zero-order valence-corrected chi connectivity index (χ0v) is 8.28. The van der Waals surface area contributed by atoms with Crippen LogP contribution >= 0.6 is 0 Å². The highest BCUT2D eigenvalue weighted by molar-refractivity contribution is 5.11. The summed E-state index contributed by atoms with van der Waals surface area (Å²) < 4.78 is 0. The van der Waals surface area contributed by atoms with Gasteiger partial charge in [0.05, 0.1) is 0 Å². The van der Waals surface area contributed by atoms with Gasteiger partial charge in [-0.25, -0.2) is 0 Å². The first kappa shape index (κ1) is 10.3. The molecule has 1 aliphatic carbocycles. The molecule has 0 amide bonds. The predicted octanol–water partition coefficient (Wildman–Crippen LogP) is 4.21. The molecule has 0 saturated carbocycles. The molecule has 1 aliphatic rings. The molecule has 13 heavy (non-hydrogen) atoms. The molecule has 1 rings (SSSR count). The topological polar surface area (TPSA) is 0 Å². The Morgan fingerprint density at radius 2 is 1.38 bits per heavy atom. The van der Waals surface area contributed by atoms with Gasteiger partial charge in [-0.2, -0.15) is 0 Å². The van der Waals surface area contributed by atoms with Crippen molar-refractivity contribution in [3.8, 4) is 0 Å². The highest BCUT2D eigenvalue weighted by Gasteiger charge is 1.88. The van der Waals surface area contributed by atoms with E-state index in [0.29, 0.717) is 0 Å². The monoisotopic (exact) mass is 175 g/mol. The number of hydrogen-bond donors (Lipinski definition) is 0. The van der Waals surface area contributed by atoms with E-state index in [0.717, 1.165) is 6.42 Å². The third-order valence-corrected chi connectivity index (χ3v) is 2.19. The smallest absolute Gasteiger partial charge is 0.0316 e. The summed E-state index contributed by atoms with van der Waals surface area (Å²) in [4.78, 5) is 0. The van der Waals surface area contributed by atoms with Crippen LogP contribution in [-0.2, 0) is 0 Å². The van der Waals surface area contributed by atoms with Gasteiger partial charge in [0, 0.05) is 0 Å². The molecule has 0 nitrogen and oxygen atoms in total. The zero-order chi connectivity index (χ0) is 9.19.